The van der Waals surface area contributed by atoms with Gasteiger partial charge in [-0.05, 0) is 66.2 Å². The largest absolute Gasteiger partial charge is 0.464 e. The highest BCUT2D eigenvalue weighted by Crippen LogP contribution is 2.26. The number of likely N-dealkylation sites (tertiary alicyclic amines) is 1. The Kier molecular flexibility index (Phi) is 12.4. The minimum atomic E-state index is -1.47. The molecule has 1 aliphatic carbocycles. The molecule has 1 heterocycles. The molecule has 1 saturated heterocycles. The molecule has 220 valence electrons. The minimum absolute atomic E-state index is 0.0741. The molecule has 0 bridgehead atoms. The normalized spacial score (nSPS) is 18.2. The van der Waals surface area contributed by atoms with Crippen LogP contribution in [0.4, 0.5) is 4.79 Å². The van der Waals surface area contributed by atoms with Gasteiger partial charge in [-0.3, -0.25) is 9.59 Å². The molecule has 2 atom stereocenters. The number of allylic oxidation sites excluding steroid dienone is 1. The molecule has 0 spiro atoms. The van der Waals surface area contributed by atoms with E-state index < -0.39 is 41.1 Å². The second kappa shape index (κ2) is 15.2. The minimum Gasteiger partial charge on any atom is -0.464 e. The summed E-state index contributed by atoms with van der Waals surface area (Å²) in [5, 5.41) is 5.27. The van der Waals surface area contributed by atoms with E-state index >= 15 is 0 Å². The summed E-state index contributed by atoms with van der Waals surface area (Å²) in [6, 6.07) is 2.42. The van der Waals surface area contributed by atoms with Crippen LogP contribution in [-0.2, 0) is 23.9 Å². The van der Waals surface area contributed by atoms with E-state index in [1.807, 2.05) is 17.1 Å². The molecule has 40 heavy (non-hydrogen) atoms. The molecule has 1 aliphatic heterocycles. The Hall–Kier alpha value is -3.66. The molecule has 0 radical (unpaired) electrons. The molecule has 10 heteroatoms. The average molecular weight is 557 g/mol. The molecular weight excluding hydrogens is 512 g/mol. The van der Waals surface area contributed by atoms with E-state index in [4.69, 9.17) is 22.3 Å². The van der Waals surface area contributed by atoms with Crippen molar-refractivity contribution in [3.63, 3.8) is 0 Å². The van der Waals surface area contributed by atoms with Gasteiger partial charge in [-0.15, -0.1) is 12.3 Å². The molecule has 1 unspecified atom stereocenters. The summed E-state index contributed by atoms with van der Waals surface area (Å²) in [5.74, 6) is 0.965. The van der Waals surface area contributed by atoms with Crippen LogP contribution in [0.2, 0.25) is 0 Å². The number of rotatable bonds is 14. The standard InChI is InChI=1S/C30H44N4O6/c1-7-18-30(27(37)39-9-3,19-12-10-11-13-20-33(8-2)23-16-17-23)32-26(36)24-15-14-21-34(24)25(35)22-31-28(38)40-29(4,5)6/h1-2,10,12,23-24H,9,11,13-22H2,3-6H3,(H,31,38)(H,32,36)/b12-10-/t24-,30?/m0/s1. The third-order valence-corrected chi connectivity index (χ3v) is 6.65. The van der Waals surface area contributed by atoms with Crippen LogP contribution in [0, 0.1) is 24.8 Å². The van der Waals surface area contributed by atoms with Crippen molar-refractivity contribution in [3.8, 4) is 24.8 Å². The van der Waals surface area contributed by atoms with Crippen LogP contribution < -0.4 is 10.6 Å². The molecule has 1 saturated carbocycles. The van der Waals surface area contributed by atoms with Crippen LogP contribution in [0.3, 0.4) is 0 Å². The van der Waals surface area contributed by atoms with Gasteiger partial charge in [0.05, 0.1) is 6.61 Å². The van der Waals surface area contributed by atoms with Crippen molar-refractivity contribution in [2.45, 2.75) is 102 Å². The highest BCUT2D eigenvalue weighted by Gasteiger charge is 2.43. The molecule has 10 nitrogen and oxygen atoms in total. The van der Waals surface area contributed by atoms with E-state index in [1.165, 1.54) is 4.90 Å². The zero-order valence-electron chi connectivity index (χ0n) is 24.3. The van der Waals surface area contributed by atoms with Gasteiger partial charge in [0, 0.05) is 38.0 Å². The number of hydrogen-bond acceptors (Lipinski definition) is 7. The van der Waals surface area contributed by atoms with Gasteiger partial charge in [-0.25, -0.2) is 9.59 Å². The molecule has 3 amide bonds. The van der Waals surface area contributed by atoms with Crippen molar-refractivity contribution in [1.29, 1.82) is 0 Å². The van der Waals surface area contributed by atoms with Gasteiger partial charge in [0.1, 0.15) is 18.2 Å². The fraction of sp³-hybridized carbons (Fsp3) is 0.667. The van der Waals surface area contributed by atoms with Gasteiger partial charge >= 0.3 is 12.1 Å². The topological polar surface area (TPSA) is 117 Å². The van der Waals surface area contributed by atoms with Crippen molar-refractivity contribution < 1.29 is 28.7 Å². The summed E-state index contributed by atoms with van der Waals surface area (Å²) in [6.07, 6.45) is 19.2. The lowest BCUT2D eigenvalue weighted by atomic mass is 9.90. The Morgan fingerprint density at radius 2 is 1.85 bits per heavy atom. The molecule has 2 aliphatic rings. The number of unbranched alkanes of at least 4 members (excludes halogenated alkanes) is 1. The maximum Gasteiger partial charge on any atom is 0.408 e. The maximum atomic E-state index is 13.5. The van der Waals surface area contributed by atoms with E-state index in [9.17, 15) is 19.2 Å². The monoisotopic (exact) mass is 556 g/mol. The SMILES string of the molecule is C#CCC(C/C=C\CCCN(C#C)C1CC1)(NC(=O)[C@@H]1CCCN1C(=O)CNC(=O)OC(C)(C)C)C(=O)OCC. The maximum absolute atomic E-state index is 13.5. The van der Waals surface area contributed by atoms with Crippen LogP contribution in [0.25, 0.3) is 0 Å². The van der Waals surface area contributed by atoms with E-state index in [2.05, 4.69) is 22.6 Å². The lowest BCUT2D eigenvalue weighted by Crippen LogP contribution is -2.59. The van der Waals surface area contributed by atoms with E-state index in [1.54, 1.807) is 27.7 Å². The number of terminal acetylenes is 2. The first kappa shape index (κ1) is 32.6. The molecule has 0 aromatic heterocycles. The first-order chi connectivity index (χ1) is 19.0. The highest BCUT2D eigenvalue weighted by molar-refractivity contribution is 5.94. The van der Waals surface area contributed by atoms with Gasteiger partial charge in [0.2, 0.25) is 11.8 Å². The summed E-state index contributed by atoms with van der Waals surface area (Å²) in [7, 11) is 0. The number of hydrogen-bond donors (Lipinski definition) is 2. The van der Waals surface area contributed by atoms with E-state index in [-0.39, 0.29) is 26.0 Å². The number of ether oxygens (including phenoxy) is 2. The number of amides is 3. The quantitative estimate of drug-likeness (QED) is 0.111. The van der Waals surface area contributed by atoms with Crippen LogP contribution in [0.15, 0.2) is 12.2 Å². The Morgan fingerprint density at radius 3 is 2.45 bits per heavy atom. The fourth-order valence-electron chi connectivity index (χ4n) is 4.56. The molecule has 0 aromatic rings. The summed E-state index contributed by atoms with van der Waals surface area (Å²) in [5.41, 5.74) is -2.17. The van der Waals surface area contributed by atoms with Crippen molar-refractivity contribution in [2.75, 3.05) is 26.2 Å². The van der Waals surface area contributed by atoms with Gasteiger partial charge in [-0.1, -0.05) is 18.6 Å². The molecule has 0 aromatic carbocycles. The third kappa shape index (κ3) is 10.1. The van der Waals surface area contributed by atoms with E-state index in [0.29, 0.717) is 25.4 Å². The van der Waals surface area contributed by atoms with Gasteiger partial charge in [0.25, 0.3) is 0 Å². The van der Waals surface area contributed by atoms with Crippen LogP contribution in [0.1, 0.15) is 79.1 Å². The predicted octanol–water partition coefficient (Wildman–Crippen LogP) is 2.73. The van der Waals surface area contributed by atoms with Crippen molar-refractivity contribution in [2.24, 2.45) is 0 Å². The summed E-state index contributed by atoms with van der Waals surface area (Å²) >= 11 is 0. The molecule has 2 rings (SSSR count). The van der Waals surface area contributed by atoms with E-state index in [0.717, 1.165) is 32.2 Å². The van der Waals surface area contributed by atoms with Crippen molar-refractivity contribution in [3.05, 3.63) is 12.2 Å². The van der Waals surface area contributed by atoms with Crippen LogP contribution >= 0.6 is 0 Å². The third-order valence-electron chi connectivity index (χ3n) is 6.65. The first-order valence-electron chi connectivity index (χ1n) is 14.0. The number of nitrogens with one attached hydrogen (secondary N) is 2. The predicted molar refractivity (Wildman–Crippen MR) is 151 cm³/mol. The zero-order chi connectivity index (χ0) is 29.8. The Morgan fingerprint density at radius 1 is 1.12 bits per heavy atom. The lowest BCUT2D eigenvalue weighted by Gasteiger charge is -2.33. The molecule has 2 fully saturated rings. The lowest BCUT2D eigenvalue weighted by molar-refractivity contribution is -0.154. The average Bonchev–Trinajstić information content (AvgIpc) is 3.60. The van der Waals surface area contributed by atoms with Crippen LogP contribution in [0.5, 0.6) is 0 Å². The van der Waals surface area contributed by atoms with Gasteiger partial charge in [0.15, 0.2) is 5.54 Å². The second-order valence-corrected chi connectivity index (χ2v) is 11.1. The Balaban J connectivity index is 2.04. The summed E-state index contributed by atoms with van der Waals surface area (Å²) < 4.78 is 10.5. The Labute approximate surface area is 238 Å². The number of carbonyl (C=O) groups excluding carboxylic acids is 4. The summed E-state index contributed by atoms with van der Waals surface area (Å²) in [4.78, 5) is 54.8. The number of carbonyl (C=O) groups is 4. The number of nitrogens with zero attached hydrogens (tertiary/aromatic N) is 2. The summed E-state index contributed by atoms with van der Waals surface area (Å²) in [6.45, 7) is 7.80. The molecular formula is C30H44N4O6. The highest BCUT2D eigenvalue weighted by atomic mass is 16.6. The number of alkyl carbamates (subject to hydrolysis) is 1. The van der Waals surface area contributed by atoms with Crippen LogP contribution in [-0.4, -0.2) is 83.1 Å². The first-order valence-corrected chi connectivity index (χ1v) is 14.0. The van der Waals surface area contributed by atoms with Gasteiger partial charge in [-0.2, -0.15) is 0 Å². The smallest absolute Gasteiger partial charge is 0.408 e. The zero-order valence-corrected chi connectivity index (χ0v) is 24.3. The fourth-order valence-corrected chi connectivity index (χ4v) is 4.56. The Bertz CT molecular complexity index is 1020. The van der Waals surface area contributed by atoms with Gasteiger partial charge < -0.3 is 29.9 Å². The second-order valence-electron chi connectivity index (χ2n) is 11.1. The van der Waals surface area contributed by atoms with Crippen molar-refractivity contribution >= 4 is 23.9 Å². The number of esters is 1. The molecule has 2 N–H and O–H groups in total. The van der Waals surface area contributed by atoms with Crippen molar-refractivity contribution in [1.82, 2.24) is 20.4 Å².